The van der Waals surface area contributed by atoms with Gasteiger partial charge in [-0.15, -0.1) is 0 Å². The van der Waals surface area contributed by atoms with Crippen LogP contribution < -0.4 is 9.47 Å². The normalized spacial score (nSPS) is 15.7. The number of likely N-dealkylation sites (tertiary alicyclic amines) is 1. The zero-order valence-corrected chi connectivity index (χ0v) is 14.0. The third-order valence-corrected chi connectivity index (χ3v) is 4.48. The van der Waals surface area contributed by atoms with Gasteiger partial charge in [0.05, 0.1) is 17.6 Å². The predicted octanol–water partition coefficient (Wildman–Crippen LogP) is 3.29. The van der Waals surface area contributed by atoms with Crippen LogP contribution >= 0.6 is 11.6 Å². The highest BCUT2D eigenvalue weighted by Crippen LogP contribution is 2.35. The molecule has 1 fully saturated rings. The van der Waals surface area contributed by atoms with Crippen molar-refractivity contribution in [1.29, 1.82) is 0 Å². The molecule has 0 saturated carbocycles. The lowest BCUT2D eigenvalue weighted by Crippen LogP contribution is -2.40. The summed E-state index contributed by atoms with van der Waals surface area (Å²) in [6.07, 6.45) is 3.36. The highest BCUT2D eigenvalue weighted by Gasteiger charge is 2.23. The van der Waals surface area contributed by atoms with E-state index in [9.17, 15) is 4.79 Å². The van der Waals surface area contributed by atoms with Gasteiger partial charge in [0.25, 0.3) is 0 Å². The van der Waals surface area contributed by atoms with Gasteiger partial charge >= 0.3 is 0 Å². The molecule has 1 saturated heterocycles. The molecule has 0 radical (unpaired) electrons. The minimum Gasteiger partial charge on any atom is -0.493 e. The molecule has 0 aliphatic carbocycles. The molecule has 1 aromatic heterocycles. The highest BCUT2D eigenvalue weighted by molar-refractivity contribution is 6.35. The molecule has 1 aliphatic heterocycles. The first-order valence-corrected chi connectivity index (χ1v) is 8.00. The summed E-state index contributed by atoms with van der Waals surface area (Å²) in [7, 11) is 1.61. The maximum atomic E-state index is 11.4. The van der Waals surface area contributed by atoms with Gasteiger partial charge in [-0.3, -0.25) is 9.78 Å². The van der Waals surface area contributed by atoms with Crippen molar-refractivity contribution in [3.63, 3.8) is 0 Å². The zero-order valence-electron chi connectivity index (χ0n) is 13.2. The molecule has 1 aliphatic rings. The Bertz CT molecular complexity index is 727. The van der Waals surface area contributed by atoms with Crippen molar-refractivity contribution in [3.05, 3.63) is 29.4 Å². The zero-order chi connectivity index (χ0) is 16.4. The third-order valence-electron chi connectivity index (χ3n) is 4.15. The Morgan fingerprint density at radius 1 is 1.30 bits per heavy atom. The monoisotopic (exact) mass is 334 g/mol. The minimum atomic E-state index is 0.0659. The van der Waals surface area contributed by atoms with E-state index in [0.29, 0.717) is 16.5 Å². The van der Waals surface area contributed by atoms with Crippen molar-refractivity contribution >= 4 is 28.4 Å². The van der Waals surface area contributed by atoms with E-state index in [4.69, 9.17) is 21.1 Å². The Kier molecular flexibility index (Phi) is 4.57. The smallest absolute Gasteiger partial charge is 0.219 e. The number of carbonyl (C=O) groups excluding carboxylic acids is 1. The van der Waals surface area contributed by atoms with E-state index >= 15 is 0 Å². The number of pyridine rings is 1. The lowest BCUT2D eigenvalue weighted by Gasteiger charge is -2.31. The summed E-state index contributed by atoms with van der Waals surface area (Å²) in [5.41, 5.74) is 0.773. The average Bonchev–Trinajstić information content (AvgIpc) is 2.55. The molecular weight excluding hydrogens is 316 g/mol. The Labute approximate surface area is 140 Å². The fourth-order valence-electron chi connectivity index (χ4n) is 2.84. The molecule has 23 heavy (non-hydrogen) atoms. The predicted molar refractivity (Wildman–Crippen MR) is 89.2 cm³/mol. The van der Waals surface area contributed by atoms with E-state index in [1.807, 2.05) is 17.0 Å². The Morgan fingerprint density at radius 3 is 2.70 bits per heavy atom. The molecule has 0 bridgehead atoms. The van der Waals surface area contributed by atoms with Crippen molar-refractivity contribution in [1.82, 2.24) is 9.88 Å². The highest BCUT2D eigenvalue weighted by atomic mass is 35.5. The van der Waals surface area contributed by atoms with E-state index in [1.54, 1.807) is 26.3 Å². The van der Waals surface area contributed by atoms with Crippen LogP contribution in [0.4, 0.5) is 0 Å². The van der Waals surface area contributed by atoms with Gasteiger partial charge in [0.2, 0.25) is 5.91 Å². The number of rotatable bonds is 3. The lowest BCUT2D eigenvalue weighted by molar-refractivity contribution is -0.130. The number of aromatic nitrogens is 1. The molecule has 0 unspecified atom stereocenters. The quantitative estimate of drug-likeness (QED) is 0.864. The van der Waals surface area contributed by atoms with Gasteiger partial charge in [0, 0.05) is 50.5 Å². The molecule has 6 heteroatoms. The van der Waals surface area contributed by atoms with Crippen molar-refractivity contribution in [3.8, 4) is 11.5 Å². The molecular formula is C17H19ClN2O3. The van der Waals surface area contributed by atoms with Crippen LogP contribution in [0.3, 0.4) is 0 Å². The molecule has 2 aromatic rings. The second-order valence-corrected chi connectivity index (χ2v) is 6.04. The Balaban J connectivity index is 1.81. The van der Waals surface area contributed by atoms with E-state index in [2.05, 4.69) is 4.98 Å². The number of benzene rings is 1. The Hall–Kier alpha value is -2.01. The van der Waals surface area contributed by atoms with Gasteiger partial charge in [-0.05, 0) is 12.1 Å². The van der Waals surface area contributed by atoms with Crippen molar-refractivity contribution in [2.75, 3.05) is 20.2 Å². The number of carbonyl (C=O) groups is 1. The molecule has 1 aromatic carbocycles. The standard InChI is InChI=1S/C17H19ClN2O3/c1-11(21)20-7-4-12(5-8-20)23-17-10-15-13(9-16(17)22-2)14(18)3-6-19-15/h3,6,9-10,12H,4-5,7-8H2,1-2H3. The number of piperidine rings is 1. The first-order chi connectivity index (χ1) is 11.1. The summed E-state index contributed by atoms with van der Waals surface area (Å²) in [4.78, 5) is 17.6. The van der Waals surface area contributed by atoms with Crippen molar-refractivity contribution in [2.45, 2.75) is 25.9 Å². The van der Waals surface area contributed by atoms with Gasteiger partial charge < -0.3 is 14.4 Å². The van der Waals surface area contributed by atoms with Crippen LogP contribution in [0.5, 0.6) is 11.5 Å². The number of methoxy groups -OCH3 is 1. The second-order valence-electron chi connectivity index (χ2n) is 5.64. The van der Waals surface area contributed by atoms with Gasteiger partial charge in [-0.1, -0.05) is 11.6 Å². The largest absolute Gasteiger partial charge is 0.493 e. The first-order valence-electron chi connectivity index (χ1n) is 7.63. The number of halogens is 1. The van der Waals surface area contributed by atoms with Crippen molar-refractivity contribution < 1.29 is 14.3 Å². The SMILES string of the molecule is COc1cc2c(Cl)ccnc2cc1OC1CCN(C(C)=O)CC1. The van der Waals surface area contributed by atoms with E-state index in [1.165, 1.54) is 0 Å². The second kappa shape index (κ2) is 6.62. The number of fused-ring (bicyclic) bond motifs is 1. The van der Waals surface area contributed by atoms with Gasteiger partial charge in [-0.25, -0.2) is 0 Å². The summed E-state index contributed by atoms with van der Waals surface area (Å²) >= 11 is 6.20. The molecule has 0 spiro atoms. The number of nitrogens with zero attached hydrogens (tertiary/aromatic N) is 2. The number of ether oxygens (including phenoxy) is 2. The van der Waals surface area contributed by atoms with Crippen LogP contribution in [-0.4, -0.2) is 42.1 Å². The molecule has 5 nitrogen and oxygen atoms in total. The first kappa shape index (κ1) is 15.9. The van der Waals surface area contributed by atoms with Gasteiger partial charge in [0.15, 0.2) is 11.5 Å². The maximum Gasteiger partial charge on any atom is 0.219 e. The van der Waals surface area contributed by atoms with Gasteiger partial charge in [-0.2, -0.15) is 0 Å². The van der Waals surface area contributed by atoms with Crippen LogP contribution in [0.25, 0.3) is 10.9 Å². The topological polar surface area (TPSA) is 51.7 Å². The van der Waals surface area contributed by atoms with Crippen LogP contribution in [0.15, 0.2) is 24.4 Å². The molecule has 2 heterocycles. The molecule has 122 valence electrons. The summed E-state index contributed by atoms with van der Waals surface area (Å²) in [5, 5.41) is 1.47. The van der Waals surface area contributed by atoms with Crippen LogP contribution in [0.2, 0.25) is 5.02 Å². The average molecular weight is 335 g/mol. The number of hydrogen-bond acceptors (Lipinski definition) is 4. The maximum absolute atomic E-state index is 11.4. The Morgan fingerprint density at radius 2 is 2.04 bits per heavy atom. The fraction of sp³-hybridized carbons (Fsp3) is 0.412. The van der Waals surface area contributed by atoms with Crippen LogP contribution in [-0.2, 0) is 4.79 Å². The molecule has 1 amide bonds. The number of amides is 1. The molecule has 3 rings (SSSR count). The number of hydrogen-bond donors (Lipinski definition) is 0. The van der Waals surface area contributed by atoms with Crippen molar-refractivity contribution in [2.24, 2.45) is 0 Å². The van der Waals surface area contributed by atoms with E-state index < -0.39 is 0 Å². The van der Waals surface area contributed by atoms with E-state index in [-0.39, 0.29) is 12.0 Å². The van der Waals surface area contributed by atoms with E-state index in [0.717, 1.165) is 36.8 Å². The summed E-state index contributed by atoms with van der Waals surface area (Å²) in [5.74, 6) is 1.42. The fourth-order valence-corrected chi connectivity index (χ4v) is 3.05. The van der Waals surface area contributed by atoms with Gasteiger partial charge in [0.1, 0.15) is 6.10 Å². The summed E-state index contributed by atoms with van der Waals surface area (Å²) < 4.78 is 11.5. The lowest BCUT2D eigenvalue weighted by atomic mass is 10.1. The third kappa shape index (κ3) is 3.34. The minimum absolute atomic E-state index is 0.0659. The molecule has 0 N–H and O–H groups in total. The molecule has 0 atom stereocenters. The summed E-state index contributed by atoms with van der Waals surface area (Å²) in [6.45, 7) is 3.04. The van der Waals surface area contributed by atoms with Crippen LogP contribution in [0, 0.1) is 0 Å². The summed E-state index contributed by atoms with van der Waals surface area (Å²) in [6, 6.07) is 5.46. The van der Waals surface area contributed by atoms with Crippen LogP contribution in [0.1, 0.15) is 19.8 Å².